The molecule has 3 aromatic rings. The van der Waals surface area contributed by atoms with E-state index in [1.165, 1.54) is 6.21 Å². The van der Waals surface area contributed by atoms with Crippen molar-refractivity contribution in [2.75, 3.05) is 5.73 Å². The molecule has 1 amide bonds. The van der Waals surface area contributed by atoms with Crippen molar-refractivity contribution in [1.82, 2.24) is 5.43 Å². The Hall–Kier alpha value is -4.11. The van der Waals surface area contributed by atoms with Gasteiger partial charge in [0.15, 0.2) is 0 Å². The van der Waals surface area contributed by atoms with Crippen LogP contribution >= 0.6 is 0 Å². The van der Waals surface area contributed by atoms with Gasteiger partial charge in [-0.15, -0.1) is 0 Å². The van der Waals surface area contributed by atoms with E-state index in [9.17, 15) is 4.79 Å². The molecule has 0 fully saturated rings. The standard InChI is InChI=1S/C22H18N4O2/c23-13-17-5-1-2-6-18(17)15-28-19-11-9-16(10-12-19)14-25-26-22(27)20-7-3-4-8-21(20)24/h1-12,14H,15,24H2,(H,26,27). The fraction of sp³-hybridized carbons (Fsp3) is 0.0455. The number of carbonyl (C=O) groups is 1. The Morgan fingerprint density at radius 2 is 1.79 bits per heavy atom. The molecule has 0 aliphatic carbocycles. The van der Waals surface area contributed by atoms with Crippen LogP contribution in [0, 0.1) is 11.3 Å². The number of nitrogen functional groups attached to an aromatic ring is 1. The minimum atomic E-state index is -0.370. The second-order valence-electron chi connectivity index (χ2n) is 5.91. The Labute approximate surface area is 162 Å². The van der Waals surface area contributed by atoms with Crippen molar-refractivity contribution < 1.29 is 9.53 Å². The first-order valence-electron chi connectivity index (χ1n) is 8.56. The summed E-state index contributed by atoms with van der Waals surface area (Å²) in [5, 5.41) is 13.1. The molecule has 0 aliphatic rings. The maximum Gasteiger partial charge on any atom is 0.273 e. The molecule has 0 aliphatic heterocycles. The van der Waals surface area contributed by atoms with Gasteiger partial charge >= 0.3 is 0 Å². The summed E-state index contributed by atoms with van der Waals surface area (Å²) in [7, 11) is 0. The fourth-order valence-corrected chi connectivity index (χ4v) is 2.50. The smallest absolute Gasteiger partial charge is 0.273 e. The Morgan fingerprint density at radius 3 is 2.54 bits per heavy atom. The molecule has 0 heterocycles. The van der Waals surface area contributed by atoms with Crippen molar-refractivity contribution in [3.8, 4) is 11.8 Å². The van der Waals surface area contributed by atoms with Crippen LogP contribution < -0.4 is 15.9 Å². The number of carbonyl (C=O) groups excluding carboxylic acids is 1. The molecule has 3 aromatic carbocycles. The van der Waals surface area contributed by atoms with Gasteiger partial charge in [0.05, 0.1) is 23.4 Å². The molecule has 6 heteroatoms. The lowest BCUT2D eigenvalue weighted by atomic mass is 10.1. The lowest BCUT2D eigenvalue weighted by Crippen LogP contribution is -2.18. The molecule has 138 valence electrons. The third-order valence-electron chi connectivity index (χ3n) is 4.00. The molecule has 3 rings (SSSR count). The highest BCUT2D eigenvalue weighted by molar-refractivity contribution is 5.99. The summed E-state index contributed by atoms with van der Waals surface area (Å²) >= 11 is 0. The third kappa shape index (κ3) is 4.74. The van der Waals surface area contributed by atoms with Crippen LogP contribution in [-0.4, -0.2) is 12.1 Å². The second kappa shape index (κ2) is 9.01. The van der Waals surface area contributed by atoms with E-state index in [0.29, 0.717) is 29.2 Å². The molecule has 3 N–H and O–H groups in total. The van der Waals surface area contributed by atoms with E-state index < -0.39 is 0 Å². The zero-order chi connectivity index (χ0) is 19.8. The van der Waals surface area contributed by atoms with Crippen LogP contribution in [0.5, 0.6) is 5.75 Å². The van der Waals surface area contributed by atoms with E-state index in [4.69, 9.17) is 15.7 Å². The number of nitrogens with zero attached hydrogens (tertiary/aromatic N) is 2. The zero-order valence-electron chi connectivity index (χ0n) is 15.0. The molecule has 0 saturated heterocycles. The van der Waals surface area contributed by atoms with Gasteiger partial charge in [0.25, 0.3) is 5.91 Å². The Kier molecular flexibility index (Phi) is 6.01. The highest BCUT2D eigenvalue weighted by Crippen LogP contribution is 2.15. The number of benzene rings is 3. The second-order valence-corrected chi connectivity index (χ2v) is 5.91. The van der Waals surface area contributed by atoms with Crippen LogP contribution in [0.15, 0.2) is 77.9 Å². The molecule has 0 aromatic heterocycles. The Bertz CT molecular complexity index is 1040. The Morgan fingerprint density at radius 1 is 1.07 bits per heavy atom. The van der Waals surface area contributed by atoms with Crippen molar-refractivity contribution in [2.24, 2.45) is 5.10 Å². The summed E-state index contributed by atoms with van der Waals surface area (Å²) in [4.78, 5) is 12.0. The van der Waals surface area contributed by atoms with Crippen molar-refractivity contribution >= 4 is 17.8 Å². The van der Waals surface area contributed by atoms with E-state index in [-0.39, 0.29) is 5.91 Å². The van der Waals surface area contributed by atoms with Gasteiger partial charge < -0.3 is 10.5 Å². The molecule has 0 radical (unpaired) electrons. The predicted molar refractivity (Wildman–Crippen MR) is 108 cm³/mol. The van der Waals surface area contributed by atoms with Gasteiger partial charge in [-0.2, -0.15) is 10.4 Å². The first-order valence-corrected chi connectivity index (χ1v) is 8.56. The molecule has 0 bridgehead atoms. The topological polar surface area (TPSA) is 100 Å². The zero-order valence-corrected chi connectivity index (χ0v) is 15.0. The average Bonchev–Trinajstić information content (AvgIpc) is 2.73. The van der Waals surface area contributed by atoms with Crippen LogP contribution in [-0.2, 0) is 6.61 Å². The van der Waals surface area contributed by atoms with Gasteiger partial charge in [0, 0.05) is 11.3 Å². The van der Waals surface area contributed by atoms with Gasteiger partial charge in [-0.05, 0) is 48.0 Å². The maximum atomic E-state index is 12.0. The van der Waals surface area contributed by atoms with Crippen molar-refractivity contribution in [2.45, 2.75) is 6.61 Å². The minimum absolute atomic E-state index is 0.311. The molecular formula is C22H18N4O2. The summed E-state index contributed by atoms with van der Waals surface area (Å²) in [5.74, 6) is 0.302. The number of hydrogen-bond acceptors (Lipinski definition) is 5. The quantitative estimate of drug-likeness (QED) is 0.394. The summed E-state index contributed by atoms with van der Waals surface area (Å²) in [6, 6.07) is 23.5. The number of para-hydroxylation sites is 1. The first kappa shape index (κ1) is 18.7. The molecule has 0 saturated carbocycles. The molecule has 6 nitrogen and oxygen atoms in total. The summed E-state index contributed by atoms with van der Waals surface area (Å²) in [5.41, 5.74) is 11.2. The number of nitriles is 1. The molecule has 0 unspecified atom stereocenters. The van der Waals surface area contributed by atoms with E-state index in [2.05, 4.69) is 16.6 Å². The lowest BCUT2D eigenvalue weighted by Gasteiger charge is -2.07. The minimum Gasteiger partial charge on any atom is -0.489 e. The average molecular weight is 370 g/mol. The summed E-state index contributed by atoms with van der Waals surface area (Å²) in [6.07, 6.45) is 1.53. The number of anilines is 1. The molecule has 0 atom stereocenters. The van der Waals surface area contributed by atoms with E-state index >= 15 is 0 Å². The molecule has 0 spiro atoms. The number of ether oxygens (including phenoxy) is 1. The van der Waals surface area contributed by atoms with Crippen LogP contribution in [0.25, 0.3) is 0 Å². The van der Waals surface area contributed by atoms with E-state index in [0.717, 1.165) is 11.1 Å². The summed E-state index contributed by atoms with van der Waals surface area (Å²) < 4.78 is 5.72. The first-order chi connectivity index (χ1) is 13.7. The van der Waals surface area contributed by atoms with Crippen molar-refractivity contribution in [3.05, 3.63) is 95.1 Å². The van der Waals surface area contributed by atoms with Crippen LogP contribution in [0.3, 0.4) is 0 Å². The predicted octanol–water partition coefficient (Wildman–Crippen LogP) is 3.48. The van der Waals surface area contributed by atoms with Gasteiger partial charge in [-0.1, -0.05) is 30.3 Å². The van der Waals surface area contributed by atoms with E-state index in [1.54, 1.807) is 42.5 Å². The van der Waals surface area contributed by atoms with Gasteiger partial charge in [-0.3, -0.25) is 4.79 Å². The number of amides is 1. The van der Waals surface area contributed by atoms with E-state index in [1.807, 2.05) is 30.3 Å². The maximum absolute atomic E-state index is 12.0. The number of nitrogens with two attached hydrogens (primary N) is 1. The van der Waals surface area contributed by atoms with Crippen molar-refractivity contribution in [1.29, 1.82) is 5.26 Å². The van der Waals surface area contributed by atoms with Crippen LogP contribution in [0.1, 0.15) is 27.0 Å². The third-order valence-corrected chi connectivity index (χ3v) is 4.00. The summed E-state index contributed by atoms with van der Waals surface area (Å²) in [6.45, 7) is 0.311. The number of rotatable bonds is 6. The monoisotopic (exact) mass is 370 g/mol. The molecular weight excluding hydrogens is 352 g/mol. The van der Waals surface area contributed by atoms with Gasteiger partial charge in [0.2, 0.25) is 0 Å². The molecule has 28 heavy (non-hydrogen) atoms. The Balaban J connectivity index is 1.56. The number of nitrogens with one attached hydrogen (secondary N) is 1. The van der Waals surface area contributed by atoms with Crippen molar-refractivity contribution in [3.63, 3.8) is 0 Å². The van der Waals surface area contributed by atoms with Gasteiger partial charge in [0.1, 0.15) is 12.4 Å². The van der Waals surface area contributed by atoms with Crippen LogP contribution in [0.2, 0.25) is 0 Å². The van der Waals surface area contributed by atoms with Gasteiger partial charge in [-0.25, -0.2) is 5.43 Å². The fourth-order valence-electron chi connectivity index (χ4n) is 2.50. The number of hydrogen-bond donors (Lipinski definition) is 2. The van der Waals surface area contributed by atoms with Crippen LogP contribution in [0.4, 0.5) is 5.69 Å². The normalized spacial score (nSPS) is 10.4. The lowest BCUT2D eigenvalue weighted by molar-refractivity contribution is 0.0956. The highest BCUT2D eigenvalue weighted by Gasteiger charge is 2.07. The highest BCUT2D eigenvalue weighted by atomic mass is 16.5. The largest absolute Gasteiger partial charge is 0.489 e. The number of hydrazone groups is 1. The SMILES string of the molecule is N#Cc1ccccc1COc1ccc(C=NNC(=O)c2ccccc2N)cc1.